The van der Waals surface area contributed by atoms with Crippen LogP contribution in [0.4, 0.5) is 0 Å². The minimum atomic E-state index is -1.79. The van der Waals surface area contributed by atoms with Gasteiger partial charge in [-0.05, 0) is 51.4 Å². The zero-order valence-corrected chi connectivity index (χ0v) is 39.5. The number of hydrogen-bond acceptors (Lipinski definition) is 13. The third-order valence-electron chi connectivity index (χ3n) is 12.3. The number of carbonyl (C=O) groups excluding carboxylic acids is 1. The van der Waals surface area contributed by atoms with Gasteiger partial charge in [0.25, 0.3) is 0 Å². The van der Waals surface area contributed by atoms with Crippen LogP contribution in [0.2, 0.25) is 0 Å². The lowest BCUT2D eigenvalue weighted by Gasteiger charge is -2.46. The summed E-state index contributed by atoms with van der Waals surface area (Å²) in [5.74, 6) is -0.248. The summed E-state index contributed by atoms with van der Waals surface area (Å²) in [5.41, 5.74) is 0. The van der Waals surface area contributed by atoms with E-state index in [2.05, 4.69) is 43.5 Å². The van der Waals surface area contributed by atoms with Crippen LogP contribution in [0.5, 0.6) is 0 Å². The Hall–Kier alpha value is -1.79. The number of amides is 1. The lowest BCUT2D eigenvalue weighted by molar-refractivity contribution is -0.359. The maximum absolute atomic E-state index is 13.1. The van der Waals surface area contributed by atoms with Gasteiger partial charge >= 0.3 is 0 Å². The van der Waals surface area contributed by atoms with E-state index in [4.69, 9.17) is 18.9 Å². The Morgan fingerprint density at radius 2 is 1.03 bits per heavy atom. The first-order valence-electron chi connectivity index (χ1n) is 25.2. The van der Waals surface area contributed by atoms with Crippen LogP contribution in [0.3, 0.4) is 0 Å². The van der Waals surface area contributed by atoms with Crippen molar-refractivity contribution in [3.05, 3.63) is 36.5 Å². The van der Waals surface area contributed by atoms with Crippen LogP contribution < -0.4 is 5.32 Å². The van der Waals surface area contributed by atoms with Crippen molar-refractivity contribution >= 4 is 5.91 Å². The van der Waals surface area contributed by atoms with Crippen molar-refractivity contribution in [1.82, 2.24) is 5.32 Å². The third-order valence-corrected chi connectivity index (χ3v) is 12.3. The van der Waals surface area contributed by atoms with E-state index in [1.54, 1.807) is 6.08 Å². The molecule has 64 heavy (non-hydrogen) atoms. The summed E-state index contributed by atoms with van der Waals surface area (Å²) in [5, 5.41) is 86.5. The summed E-state index contributed by atoms with van der Waals surface area (Å²) in [6.45, 7) is 2.72. The molecule has 2 aliphatic heterocycles. The monoisotopic (exact) mass is 914 g/mol. The van der Waals surface area contributed by atoms with Gasteiger partial charge in [0.05, 0.1) is 32.0 Å². The number of aliphatic hydroxyl groups excluding tert-OH is 8. The summed E-state index contributed by atoms with van der Waals surface area (Å²) < 4.78 is 22.6. The highest BCUT2D eigenvalue weighted by atomic mass is 16.7. The minimum Gasteiger partial charge on any atom is -0.394 e. The van der Waals surface area contributed by atoms with E-state index < -0.39 is 86.8 Å². The highest BCUT2D eigenvalue weighted by molar-refractivity contribution is 5.76. The van der Waals surface area contributed by atoms with Gasteiger partial charge in [-0.1, -0.05) is 159 Å². The van der Waals surface area contributed by atoms with Crippen LogP contribution in [0.1, 0.15) is 181 Å². The topological polar surface area (TPSA) is 228 Å². The van der Waals surface area contributed by atoms with Crippen molar-refractivity contribution in [2.24, 2.45) is 0 Å². The number of ether oxygens (including phenoxy) is 4. The summed E-state index contributed by atoms with van der Waals surface area (Å²) in [6, 6.07) is -0.913. The number of aliphatic hydroxyl groups is 8. The second kappa shape index (κ2) is 37.2. The van der Waals surface area contributed by atoms with E-state index in [-0.39, 0.29) is 18.9 Å². The summed E-state index contributed by atoms with van der Waals surface area (Å²) in [7, 11) is 0. The smallest absolute Gasteiger partial charge is 0.220 e. The molecule has 14 nitrogen and oxygen atoms in total. The van der Waals surface area contributed by atoms with Gasteiger partial charge < -0.3 is 65.1 Å². The molecule has 0 aliphatic carbocycles. The van der Waals surface area contributed by atoms with Crippen molar-refractivity contribution in [3.8, 4) is 0 Å². The Bertz CT molecular complexity index is 1220. The van der Waals surface area contributed by atoms with Crippen molar-refractivity contribution < 1.29 is 64.6 Å². The van der Waals surface area contributed by atoms with Crippen LogP contribution in [-0.2, 0) is 23.7 Å². The van der Waals surface area contributed by atoms with Crippen LogP contribution >= 0.6 is 0 Å². The molecule has 2 aliphatic rings. The number of unbranched alkanes of at least 4 members (excludes halogenated alkanes) is 21. The summed E-state index contributed by atoms with van der Waals surface area (Å²) >= 11 is 0. The molecule has 0 radical (unpaired) electrons. The van der Waals surface area contributed by atoms with Crippen LogP contribution in [0, 0.1) is 0 Å². The fourth-order valence-corrected chi connectivity index (χ4v) is 8.14. The first kappa shape index (κ1) is 58.3. The molecule has 374 valence electrons. The molecule has 0 aromatic rings. The molecule has 0 aromatic carbocycles. The molecule has 14 heteroatoms. The molecule has 9 N–H and O–H groups in total. The van der Waals surface area contributed by atoms with Gasteiger partial charge in [-0.2, -0.15) is 0 Å². The molecule has 0 bridgehead atoms. The molecule has 12 unspecified atom stereocenters. The molecule has 2 heterocycles. The predicted octanol–water partition coefficient (Wildman–Crippen LogP) is 6.32. The molecule has 0 aromatic heterocycles. The van der Waals surface area contributed by atoms with Crippen LogP contribution in [-0.4, -0.2) is 140 Å². The van der Waals surface area contributed by atoms with Crippen LogP contribution in [0.25, 0.3) is 0 Å². The number of carbonyl (C=O) groups is 1. The standard InChI is InChI=1S/C50H91NO13/c1-3-5-7-9-11-13-14-15-16-17-18-19-20-21-22-23-24-26-28-30-32-34-42(55)51-38(39(54)33-31-29-27-25-12-10-8-6-4-2)37-61-49-47(60)45(58)48(41(36-53)63-49)64-50-46(59)44(57)43(56)40(35-52)62-50/h14-15,17-18,31,33,38-41,43-50,52-54,56-60H,3-13,16,19-30,32,34-37H2,1-2H3,(H,51,55)/b15-14-,18-17-,33-31+. The molecule has 12 atom stereocenters. The van der Waals surface area contributed by atoms with E-state index in [0.717, 1.165) is 57.8 Å². The summed E-state index contributed by atoms with van der Waals surface area (Å²) in [6.07, 6.45) is 24.8. The Morgan fingerprint density at radius 1 is 0.562 bits per heavy atom. The normalized spacial score (nSPS) is 27.5. The van der Waals surface area contributed by atoms with E-state index >= 15 is 0 Å². The van der Waals surface area contributed by atoms with Gasteiger partial charge in [0.2, 0.25) is 5.91 Å². The number of allylic oxidation sites excluding steroid dienone is 5. The number of hydrogen-bond donors (Lipinski definition) is 9. The maximum atomic E-state index is 13.1. The van der Waals surface area contributed by atoms with Crippen molar-refractivity contribution in [1.29, 1.82) is 0 Å². The van der Waals surface area contributed by atoms with Gasteiger partial charge in [0.15, 0.2) is 12.6 Å². The Labute approximate surface area is 385 Å². The van der Waals surface area contributed by atoms with Gasteiger partial charge in [-0.25, -0.2) is 0 Å². The fraction of sp³-hybridized carbons (Fsp3) is 0.860. The average Bonchev–Trinajstić information content (AvgIpc) is 3.29. The fourth-order valence-electron chi connectivity index (χ4n) is 8.14. The zero-order chi connectivity index (χ0) is 46.8. The lowest BCUT2D eigenvalue weighted by Crippen LogP contribution is -2.65. The Kier molecular flexibility index (Phi) is 33.9. The number of rotatable bonds is 38. The van der Waals surface area contributed by atoms with Crippen molar-refractivity contribution in [2.45, 2.75) is 254 Å². The Balaban J connectivity index is 1.79. The average molecular weight is 914 g/mol. The van der Waals surface area contributed by atoms with Crippen molar-refractivity contribution in [3.63, 3.8) is 0 Å². The first-order chi connectivity index (χ1) is 31.1. The van der Waals surface area contributed by atoms with Crippen LogP contribution in [0.15, 0.2) is 36.5 Å². The highest BCUT2D eigenvalue weighted by Crippen LogP contribution is 2.30. The molecular weight excluding hydrogens is 823 g/mol. The molecule has 0 saturated carbocycles. The SMILES string of the molecule is CCCCCCC/C=C\C/C=C\CCCCCCCCCCCC(=O)NC(COC1OC(CO)C(OC2OC(CO)C(O)C(O)C2O)C(O)C1O)C(O)/C=C/CCCCCCCCC. The molecule has 2 saturated heterocycles. The quantitative estimate of drug-likeness (QED) is 0.0244. The van der Waals surface area contributed by atoms with Crippen molar-refractivity contribution in [2.75, 3.05) is 19.8 Å². The number of nitrogens with one attached hydrogen (secondary N) is 1. The zero-order valence-electron chi connectivity index (χ0n) is 39.5. The molecule has 2 rings (SSSR count). The molecule has 0 spiro atoms. The second-order valence-electron chi connectivity index (χ2n) is 17.9. The minimum absolute atomic E-state index is 0.248. The van der Waals surface area contributed by atoms with E-state index in [9.17, 15) is 45.6 Å². The van der Waals surface area contributed by atoms with E-state index in [1.807, 2.05) is 6.08 Å². The molecular formula is C50H91NO13. The molecule has 2 fully saturated rings. The van der Waals surface area contributed by atoms with E-state index in [1.165, 1.54) is 96.3 Å². The van der Waals surface area contributed by atoms with Gasteiger partial charge in [-0.15, -0.1) is 0 Å². The predicted molar refractivity (Wildman–Crippen MR) is 249 cm³/mol. The maximum Gasteiger partial charge on any atom is 0.220 e. The lowest BCUT2D eigenvalue weighted by atomic mass is 9.97. The van der Waals surface area contributed by atoms with Gasteiger partial charge in [-0.3, -0.25) is 4.79 Å². The van der Waals surface area contributed by atoms with E-state index in [0.29, 0.717) is 6.42 Å². The molecule has 1 amide bonds. The highest BCUT2D eigenvalue weighted by Gasteiger charge is 2.51. The largest absolute Gasteiger partial charge is 0.394 e. The van der Waals surface area contributed by atoms with Gasteiger partial charge in [0.1, 0.15) is 48.8 Å². The summed E-state index contributed by atoms with van der Waals surface area (Å²) in [4.78, 5) is 13.1. The first-order valence-corrected chi connectivity index (χ1v) is 25.2. The Morgan fingerprint density at radius 3 is 1.56 bits per heavy atom. The third kappa shape index (κ3) is 24.3. The van der Waals surface area contributed by atoms with Gasteiger partial charge in [0, 0.05) is 6.42 Å². The second-order valence-corrected chi connectivity index (χ2v) is 17.9.